The van der Waals surface area contributed by atoms with E-state index in [0.29, 0.717) is 12.8 Å². The molecule has 0 aliphatic heterocycles. The van der Waals surface area contributed by atoms with Gasteiger partial charge in [0.1, 0.15) is 0 Å². The van der Waals surface area contributed by atoms with Crippen LogP contribution in [0.25, 0.3) is 0 Å². The molecule has 1 atom stereocenters. The Morgan fingerprint density at radius 1 is 1.37 bits per heavy atom. The lowest BCUT2D eigenvalue weighted by Crippen LogP contribution is -2.39. The van der Waals surface area contributed by atoms with E-state index >= 15 is 0 Å². The van der Waals surface area contributed by atoms with Crippen LogP contribution in [0.3, 0.4) is 0 Å². The first-order valence-electron chi connectivity index (χ1n) is 6.31. The van der Waals surface area contributed by atoms with Gasteiger partial charge in [-0.2, -0.15) is 18.4 Å². The molecule has 0 aromatic heterocycles. The van der Waals surface area contributed by atoms with Crippen LogP contribution in [0.1, 0.15) is 32.1 Å². The standard InChI is InChI=1S/C13H17F3N2O/c14-13(15,16)7-10-18(9-4-8-17)12(19)11-5-2-1-3-6-11/h1-2,11H,3-7,9-10H2/t11-/m1/s1. The van der Waals surface area contributed by atoms with Crippen LogP contribution in [0.4, 0.5) is 13.2 Å². The predicted molar refractivity (Wildman–Crippen MR) is 64.0 cm³/mol. The van der Waals surface area contributed by atoms with E-state index in [2.05, 4.69) is 0 Å². The highest BCUT2D eigenvalue weighted by molar-refractivity contribution is 5.79. The lowest BCUT2D eigenvalue weighted by molar-refractivity contribution is -0.147. The first-order chi connectivity index (χ1) is 8.94. The summed E-state index contributed by atoms with van der Waals surface area (Å²) in [5.41, 5.74) is 0. The molecule has 0 unspecified atom stereocenters. The van der Waals surface area contributed by atoms with Crippen molar-refractivity contribution < 1.29 is 18.0 Å². The van der Waals surface area contributed by atoms with Crippen LogP contribution in [-0.4, -0.2) is 30.1 Å². The van der Waals surface area contributed by atoms with E-state index in [-0.39, 0.29) is 31.3 Å². The highest BCUT2D eigenvalue weighted by atomic mass is 19.4. The summed E-state index contributed by atoms with van der Waals surface area (Å²) in [7, 11) is 0. The molecule has 0 saturated heterocycles. The van der Waals surface area contributed by atoms with Gasteiger partial charge in [0.2, 0.25) is 5.91 Å². The summed E-state index contributed by atoms with van der Waals surface area (Å²) < 4.78 is 36.7. The van der Waals surface area contributed by atoms with Gasteiger partial charge in [-0.15, -0.1) is 0 Å². The first-order valence-corrected chi connectivity index (χ1v) is 6.31. The number of nitrogens with zero attached hydrogens (tertiary/aromatic N) is 2. The van der Waals surface area contributed by atoms with Crippen LogP contribution >= 0.6 is 0 Å². The average molecular weight is 274 g/mol. The molecule has 0 aromatic carbocycles. The molecular weight excluding hydrogens is 257 g/mol. The zero-order chi connectivity index (χ0) is 14.3. The molecular formula is C13H17F3N2O. The topological polar surface area (TPSA) is 44.1 Å². The maximum atomic E-state index is 12.2. The van der Waals surface area contributed by atoms with E-state index in [1.807, 2.05) is 18.2 Å². The Morgan fingerprint density at radius 3 is 2.63 bits per heavy atom. The monoisotopic (exact) mass is 274 g/mol. The number of hydrogen-bond donors (Lipinski definition) is 0. The van der Waals surface area contributed by atoms with Gasteiger partial charge in [-0.3, -0.25) is 4.79 Å². The molecule has 0 aromatic rings. The summed E-state index contributed by atoms with van der Waals surface area (Å²) in [5.74, 6) is -0.499. The number of alkyl halides is 3. The lowest BCUT2D eigenvalue weighted by Gasteiger charge is -2.27. The molecule has 3 nitrogen and oxygen atoms in total. The zero-order valence-corrected chi connectivity index (χ0v) is 10.6. The molecule has 6 heteroatoms. The highest BCUT2D eigenvalue weighted by Gasteiger charge is 2.30. The molecule has 0 bridgehead atoms. The molecule has 0 radical (unpaired) electrons. The van der Waals surface area contributed by atoms with E-state index in [9.17, 15) is 18.0 Å². The quantitative estimate of drug-likeness (QED) is 0.723. The molecule has 19 heavy (non-hydrogen) atoms. The molecule has 1 amide bonds. The van der Waals surface area contributed by atoms with Gasteiger partial charge in [-0.25, -0.2) is 0 Å². The van der Waals surface area contributed by atoms with E-state index in [4.69, 9.17) is 5.26 Å². The summed E-state index contributed by atoms with van der Waals surface area (Å²) in [6, 6.07) is 1.86. The zero-order valence-electron chi connectivity index (χ0n) is 10.6. The molecule has 0 fully saturated rings. The third-order valence-corrected chi connectivity index (χ3v) is 3.09. The van der Waals surface area contributed by atoms with Gasteiger partial charge in [0.25, 0.3) is 0 Å². The number of allylic oxidation sites excluding steroid dienone is 2. The third-order valence-electron chi connectivity index (χ3n) is 3.09. The third kappa shape index (κ3) is 5.77. The maximum absolute atomic E-state index is 12.2. The van der Waals surface area contributed by atoms with Crippen LogP contribution < -0.4 is 0 Å². The second kappa shape index (κ2) is 7.17. The number of carbonyl (C=O) groups is 1. The molecule has 0 heterocycles. The maximum Gasteiger partial charge on any atom is 0.390 e. The van der Waals surface area contributed by atoms with Crippen molar-refractivity contribution in [2.45, 2.75) is 38.3 Å². The number of nitriles is 1. The Kier molecular flexibility index (Phi) is 5.87. The van der Waals surface area contributed by atoms with Crippen molar-refractivity contribution in [2.75, 3.05) is 13.1 Å². The fraction of sp³-hybridized carbons (Fsp3) is 0.692. The van der Waals surface area contributed by atoms with Gasteiger partial charge in [-0.05, 0) is 19.3 Å². The molecule has 0 N–H and O–H groups in total. The van der Waals surface area contributed by atoms with Gasteiger partial charge in [0, 0.05) is 19.0 Å². The Hall–Kier alpha value is -1.51. The van der Waals surface area contributed by atoms with Gasteiger partial charge in [0.05, 0.1) is 18.9 Å². The van der Waals surface area contributed by atoms with Gasteiger partial charge in [-0.1, -0.05) is 12.2 Å². The van der Waals surface area contributed by atoms with Crippen LogP contribution in [0, 0.1) is 17.2 Å². The van der Waals surface area contributed by atoms with E-state index < -0.39 is 12.6 Å². The summed E-state index contributed by atoms with van der Waals surface area (Å²) in [4.78, 5) is 13.3. The Labute approximate surface area is 110 Å². The molecule has 1 aliphatic rings. The minimum atomic E-state index is -4.28. The van der Waals surface area contributed by atoms with Gasteiger partial charge in [0.15, 0.2) is 0 Å². The summed E-state index contributed by atoms with van der Waals surface area (Å²) >= 11 is 0. The normalized spacial score (nSPS) is 18.9. The van der Waals surface area contributed by atoms with Crippen molar-refractivity contribution in [1.82, 2.24) is 4.90 Å². The fourth-order valence-electron chi connectivity index (χ4n) is 2.05. The average Bonchev–Trinajstić information content (AvgIpc) is 2.38. The van der Waals surface area contributed by atoms with Crippen LogP contribution in [-0.2, 0) is 4.79 Å². The largest absolute Gasteiger partial charge is 0.390 e. The van der Waals surface area contributed by atoms with Crippen molar-refractivity contribution in [3.8, 4) is 6.07 Å². The van der Waals surface area contributed by atoms with Crippen molar-refractivity contribution in [1.29, 1.82) is 5.26 Å². The SMILES string of the molecule is N#CCCN(CCC(F)(F)F)C(=O)[C@@H]1CC=CCC1. The Balaban J connectivity index is 2.59. The van der Waals surface area contributed by atoms with Gasteiger partial charge >= 0.3 is 6.18 Å². The summed E-state index contributed by atoms with van der Waals surface area (Å²) in [6.45, 7) is -0.282. The predicted octanol–water partition coefficient (Wildman–Crippen LogP) is 3.04. The summed E-state index contributed by atoms with van der Waals surface area (Å²) in [5, 5.41) is 8.51. The van der Waals surface area contributed by atoms with Crippen molar-refractivity contribution in [3.05, 3.63) is 12.2 Å². The second-order valence-electron chi connectivity index (χ2n) is 4.58. The lowest BCUT2D eigenvalue weighted by atomic mass is 9.93. The molecule has 0 spiro atoms. The van der Waals surface area contributed by atoms with Gasteiger partial charge < -0.3 is 4.90 Å². The smallest absolute Gasteiger partial charge is 0.341 e. The van der Waals surface area contributed by atoms with Crippen molar-refractivity contribution in [3.63, 3.8) is 0 Å². The summed E-state index contributed by atoms with van der Waals surface area (Å²) in [6.07, 6.45) is 0.647. The minimum Gasteiger partial charge on any atom is -0.341 e. The first kappa shape index (κ1) is 15.5. The van der Waals surface area contributed by atoms with Crippen LogP contribution in [0.2, 0.25) is 0 Å². The molecule has 0 saturated carbocycles. The number of halogens is 3. The number of amides is 1. The number of hydrogen-bond acceptors (Lipinski definition) is 2. The molecule has 1 aliphatic carbocycles. The highest BCUT2D eigenvalue weighted by Crippen LogP contribution is 2.23. The molecule has 1 rings (SSSR count). The molecule has 106 valence electrons. The Bertz CT molecular complexity index is 371. The number of rotatable bonds is 5. The van der Waals surface area contributed by atoms with E-state index in [0.717, 1.165) is 6.42 Å². The fourth-order valence-corrected chi connectivity index (χ4v) is 2.05. The van der Waals surface area contributed by atoms with Crippen LogP contribution in [0.5, 0.6) is 0 Å². The van der Waals surface area contributed by atoms with E-state index in [1.54, 1.807) is 0 Å². The van der Waals surface area contributed by atoms with Crippen molar-refractivity contribution >= 4 is 5.91 Å². The minimum absolute atomic E-state index is 0.0617. The Morgan fingerprint density at radius 2 is 2.11 bits per heavy atom. The second-order valence-corrected chi connectivity index (χ2v) is 4.58. The van der Waals surface area contributed by atoms with Crippen LogP contribution in [0.15, 0.2) is 12.2 Å². The number of carbonyl (C=O) groups excluding carboxylic acids is 1. The van der Waals surface area contributed by atoms with E-state index in [1.165, 1.54) is 4.90 Å². The van der Waals surface area contributed by atoms with Crippen molar-refractivity contribution in [2.24, 2.45) is 5.92 Å².